The van der Waals surface area contributed by atoms with E-state index in [1.54, 1.807) is 38.2 Å². The second kappa shape index (κ2) is 12.8. The van der Waals surface area contributed by atoms with Crippen molar-refractivity contribution in [1.29, 1.82) is 0 Å². The average Bonchev–Trinajstić information content (AvgIpc) is 3.49. The van der Waals surface area contributed by atoms with E-state index >= 15 is 0 Å². The number of pyridine rings is 1. The molecule has 2 fully saturated rings. The van der Waals surface area contributed by atoms with Gasteiger partial charge in [-0.1, -0.05) is 56.7 Å². The van der Waals surface area contributed by atoms with Crippen LogP contribution < -0.4 is 20.7 Å². The van der Waals surface area contributed by atoms with Gasteiger partial charge in [-0.3, -0.25) is 14.8 Å². The van der Waals surface area contributed by atoms with E-state index in [2.05, 4.69) is 36.4 Å². The predicted octanol–water partition coefficient (Wildman–Crippen LogP) is 5.02. The van der Waals surface area contributed by atoms with Crippen LogP contribution in [0.25, 0.3) is 11.1 Å². The molecule has 0 saturated heterocycles. The first-order valence-corrected chi connectivity index (χ1v) is 13.2. The maximum atomic E-state index is 13.3. The highest BCUT2D eigenvalue weighted by Gasteiger charge is 2.49. The number of allylic oxidation sites excluding steroid dienone is 2. The van der Waals surface area contributed by atoms with Crippen molar-refractivity contribution < 1.29 is 19.5 Å². The lowest BCUT2D eigenvalue weighted by Crippen LogP contribution is -2.49. The average molecular weight is 526 g/mol. The first-order valence-electron chi connectivity index (χ1n) is 12.9. The van der Waals surface area contributed by atoms with E-state index in [9.17, 15) is 14.8 Å². The third kappa shape index (κ3) is 6.92. The van der Waals surface area contributed by atoms with Crippen LogP contribution in [0, 0.1) is 24.7 Å². The zero-order valence-electron chi connectivity index (χ0n) is 22.1. The molecule has 8 heteroatoms. The van der Waals surface area contributed by atoms with Crippen molar-refractivity contribution in [3.8, 4) is 11.1 Å². The Labute approximate surface area is 224 Å². The third-order valence-corrected chi connectivity index (χ3v) is 7.18. The molecule has 0 bridgehead atoms. The smallest absolute Gasteiger partial charge is 0.268 e. The number of rotatable bonds is 8. The van der Waals surface area contributed by atoms with Gasteiger partial charge in [0.25, 0.3) is 5.91 Å². The largest absolute Gasteiger partial charge is 0.384 e. The summed E-state index contributed by atoms with van der Waals surface area (Å²) in [6.07, 6.45) is 8.99. The zero-order valence-corrected chi connectivity index (χ0v) is 22.8. The summed E-state index contributed by atoms with van der Waals surface area (Å²) in [7, 11) is 1.66. The van der Waals surface area contributed by atoms with Crippen LogP contribution in [0.2, 0.25) is 5.02 Å². The minimum Gasteiger partial charge on any atom is -0.384 e. The number of nitrogens with zero attached hydrogens (tertiary/aromatic N) is 1. The van der Waals surface area contributed by atoms with Gasteiger partial charge < -0.3 is 16.0 Å². The van der Waals surface area contributed by atoms with Crippen LogP contribution in [-0.4, -0.2) is 30.1 Å². The fraction of sp³-hybridized carbons (Fsp3) is 0.414. The molecule has 2 aliphatic rings. The molecule has 3 atom stereocenters. The molecule has 2 saturated carbocycles. The molecule has 0 radical (unpaired) electrons. The molecule has 1 aromatic heterocycles. The van der Waals surface area contributed by atoms with E-state index in [0.717, 1.165) is 23.1 Å². The summed E-state index contributed by atoms with van der Waals surface area (Å²) in [5.74, 6) is 0.905. The number of carbonyl (C=O) groups is 2. The lowest BCUT2D eigenvalue weighted by Gasteiger charge is -2.25. The second-order valence-electron chi connectivity index (χ2n) is 9.75. The first kappa shape index (κ1) is 28.3. The Balaban J connectivity index is 0.00000121. The van der Waals surface area contributed by atoms with Crippen molar-refractivity contribution >= 4 is 29.1 Å². The number of carbonyl (C=O) groups excluding carboxylic acids is 2. The number of fused-ring (bicyclic) bond motifs is 1. The van der Waals surface area contributed by atoms with Crippen LogP contribution >= 0.6 is 11.6 Å². The molecule has 1 heterocycles. The molecule has 198 valence electrons. The zero-order chi connectivity index (χ0) is 27.1. The maximum absolute atomic E-state index is 13.3. The number of aromatic nitrogens is 1. The van der Waals surface area contributed by atoms with Crippen LogP contribution in [-0.2, 0) is 9.59 Å². The van der Waals surface area contributed by atoms with E-state index < -0.39 is 6.04 Å². The molecule has 0 spiro atoms. The molecule has 4 rings (SSSR count). The Morgan fingerprint density at radius 2 is 1.78 bits per heavy atom. The van der Waals surface area contributed by atoms with Gasteiger partial charge in [-0.25, -0.2) is 0 Å². The molecule has 37 heavy (non-hydrogen) atoms. The summed E-state index contributed by atoms with van der Waals surface area (Å²) >= 11 is 6.35. The van der Waals surface area contributed by atoms with Gasteiger partial charge in [0.15, 0.2) is 0 Å². The number of anilines is 1. The Kier molecular flexibility index (Phi) is 9.75. The Morgan fingerprint density at radius 1 is 1.16 bits per heavy atom. The summed E-state index contributed by atoms with van der Waals surface area (Å²) in [5.41, 5.74) is 3.12. The highest BCUT2D eigenvalue weighted by molar-refractivity contribution is 6.33. The fourth-order valence-electron chi connectivity index (χ4n) is 4.95. The highest BCUT2D eigenvalue weighted by Crippen LogP contribution is 2.55. The van der Waals surface area contributed by atoms with Crippen LogP contribution in [0.3, 0.4) is 0 Å². The quantitative estimate of drug-likeness (QED) is 0.168. The minimum atomic E-state index is -0.624. The first-order chi connectivity index (χ1) is 17.7. The number of benzene rings is 1. The number of amides is 2. The molecule has 7 nitrogen and oxygen atoms in total. The normalized spacial score (nSPS) is 20.6. The predicted molar refractivity (Wildman–Crippen MR) is 147 cm³/mol. The van der Waals surface area contributed by atoms with E-state index in [0.29, 0.717) is 39.5 Å². The number of nitrogens with one attached hydrogen (secondary N) is 3. The molecule has 4 N–H and O–H groups in total. The topological polar surface area (TPSA) is 94.3 Å². The van der Waals surface area contributed by atoms with Crippen molar-refractivity contribution in [1.82, 2.24) is 10.6 Å². The van der Waals surface area contributed by atoms with Crippen molar-refractivity contribution in [2.75, 3.05) is 12.4 Å². The Bertz CT molecular complexity index is 1150. The standard InChI is InChI=1S/C26H29ClN4O3.C3H8/c1-4-5-22(28-3)25(32)30-24(19-13-17-12-18(17)14-19)26(33)29-20-8-6-16(7-9-20)23-15(2)31(34)11-10-21(23)27;1-3-2/h4-11,17-19,24,28H,1,12-14H2,2-3H3,(H2-,29,30,32,33,34);3H2,1-2H3/p+1/b22-5-;. The molecule has 0 aliphatic heterocycles. The van der Waals surface area contributed by atoms with Crippen molar-refractivity contribution in [3.63, 3.8) is 0 Å². The third-order valence-electron chi connectivity index (χ3n) is 6.87. The Hall–Kier alpha value is -3.32. The summed E-state index contributed by atoms with van der Waals surface area (Å²) in [4.78, 5) is 26.1. The summed E-state index contributed by atoms with van der Waals surface area (Å²) < 4.78 is 1.02. The lowest BCUT2D eigenvalue weighted by molar-refractivity contribution is -0.908. The van der Waals surface area contributed by atoms with Gasteiger partial charge in [-0.2, -0.15) is 0 Å². The molecule has 1 aromatic carbocycles. The van der Waals surface area contributed by atoms with Crippen molar-refractivity contribution in [3.05, 3.63) is 71.7 Å². The van der Waals surface area contributed by atoms with E-state index in [1.165, 1.54) is 25.1 Å². The van der Waals surface area contributed by atoms with Crippen LogP contribution in [0.15, 0.2) is 61.0 Å². The van der Waals surface area contributed by atoms with E-state index in [4.69, 9.17) is 11.6 Å². The number of halogens is 1. The van der Waals surface area contributed by atoms with Crippen LogP contribution in [0.1, 0.15) is 45.2 Å². The summed E-state index contributed by atoms with van der Waals surface area (Å²) in [6.45, 7) is 9.66. The molecule has 2 aromatic rings. The van der Waals surface area contributed by atoms with Crippen LogP contribution in [0.4, 0.5) is 5.69 Å². The van der Waals surface area contributed by atoms with Gasteiger partial charge >= 0.3 is 0 Å². The minimum absolute atomic E-state index is 0.111. The van der Waals surface area contributed by atoms with Crippen molar-refractivity contribution in [2.24, 2.45) is 17.8 Å². The van der Waals surface area contributed by atoms with E-state index in [1.807, 2.05) is 12.1 Å². The molecular formula is C29H38ClN4O3+. The lowest BCUT2D eigenvalue weighted by atomic mass is 9.93. The SMILES string of the molecule is C=C/C=C(\NC)C(=O)NC(C(=O)Nc1ccc(-c2c(Cl)cc[n+](O)c2C)cc1)C1CC2CC2C1.CCC. The van der Waals surface area contributed by atoms with Gasteiger partial charge in [0.2, 0.25) is 17.8 Å². The van der Waals surface area contributed by atoms with Gasteiger partial charge in [0, 0.05) is 30.5 Å². The number of likely N-dealkylation sites (N-methyl/N-ethyl adjacent to an activating group) is 1. The molecule has 3 unspecified atom stereocenters. The fourth-order valence-corrected chi connectivity index (χ4v) is 5.25. The van der Waals surface area contributed by atoms with E-state index in [-0.39, 0.29) is 17.7 Å². The van der Waals surface area contributed by atoms with Gasteiger partial charge in [-0.15, -0.1) is 0 Å². The second-order valence-corrected chi connectivity index (χ2v) is 10.2. The van der Waals surface area contributed by atoms with Crippen molar-refractivity contribution in [2.45, 2.75) is 52.5 Å². The molecule has 2 amide bonds. The Morgan fingerprint density at radius 3 is 2.35 bits per heavy atom. The highest BCUT2D eigenvalue weighted by atomic mass is 35.5. The summed E-state index contributed by atoms with van der Waals surface area (Å²) in [6, 6.07) is 8.26. The molecule has 2 aliphatic carbocycles. The molecular weight excluding hydrogens is 488 g/mol. The maximum Gasteiger partial charge on any atom is 0.268 e. The number of hydrogen-bond acceptors (Lipinski definition) is 4. The van der Waals surface area contributed by atoms with Gasteiger partial charge in [0.05, 0.1) is 16.3 Å². The van der Waals surface area contributed by atoms with Crippen LogP contribution in [0.5, 0.6) is 0 Å². The summed E-state index contributed by atoms with van der Waals surface area (Å²) in [5, 5.41) is 19.2. The van der Waals surface area contributed by atoms with Gasteiger partial charge in [-0.05, 0) is 60.8 Å². The number of hydrogen-bond donors (Lipinski definition) is 4. The monoisotopic (exact) mass is 525 g/mol. The van der Waals surface area contributed by atoms with Gasteiger partial charge in [0.1, 0.15) is 6.04 Å².